The van der Waals surface area contributed by atoms with Crippen molar-refractivity contribution < 1.29 is 4.42 Å². The summed E-state index contributed by atoms with van der Waals surface area (Å²) in [6.07, 6.45) is 35.6. The molecule has 3 nitrogen and oxygen atoms in total. The van der Waals surface area contributed by atoms with Gasteiger partial charge in [-0.1, -0.05) is 122 Å². The van der Waals surface area contributed by atoms with Gasteiger partial charge in [0.2, 0.25) is 0 Å². The molecule has 0 saturated carbocycles. The van der Waals surface area contributed by atoms with Crippen LogP contribution in [0.3, 0.4) is 0 Å². The molecule has 0 aliphatic rings. The number of para-hydroxylation sites is 1. The quantitative estimate of drug-likeness (QED) is 0.0883. The number of nitrogens with zero attached hydrogens (tertiary/aromatic N) is 1. The third-order valence-electron chi connectivity index (χ3n) is 8.23. The number of benzene rings is 1. The van der Waals surface area contributed by atoms with Crippen molar-refractivity contribution in [2.75, 3.05) is 25.5 Å². The predicted octanol–water partition coefficient (Wildman–Crippen LogP) is 13.2. The molecule has 0 amide bonds. The fourth-order valence-electron chi connectivity index (χ4n) is 5.50. The van der Waals surface area contributed by atoms with Gasteiger partial charge in [-0.3, -0.25) is 4.98 Å². The molecule has 1 aromatic carbocycles. The van der Waals surface area contributed by atoms with Crippen molar-refractivity contribution in [3.63, 3.8) is 0 Å². The molecule has 246 valence electrons. The van der Waals surface area contributed by atoms with E-state index in [1.165, 1.54) is 139 Å². The van der Waals surface area contributed by atoms with Gasteiger partial charge in [0.05, 0.1) is 43.9 Å². The van der Waals surface area contributed by atoms with Gasteiger partial charge in [0.25, 0.3) is 0 Å². The van der Waals surface area contributed by atoms with E-state index in [-0.39, 0.29) is 12.4 Å². The summed E-state index contributed by atoms with van der Waals surface area (Å²) in [4.78, 5) is 4.18. The Bertz CT molecular complexity index is 813. The van der Waals surface area contributed by atoms with Gasteiger partial charge < -0.3 is 4.42 Å². The predicted molar refractivity (Wildman–Crippen MR) is 198 cm³/mol. The number of fused-ring (bicyclic) bond motifs is 1. The highest BCUT2D eigenvalue weighted by Crippen LogP contribution is 2.56. The van der Waals surface area contributed by atoms with Crippen LogP contribution < -0.4 is 5.09 Å². The van der Waals surface area contributed by atoms with Crippen LogP contribution >= 0.6 is 19.8 Å². The highest BCUT2D eigenvalue weighted by Gasteiger charge is 2.34. The second-order valence-electron chi connectivity index (χ2n) is 11.8. The van der Waals surface area contributed by atoms with Crippen molar-refractivity contribution in [1.29, 1.82) is 0 Å². The number of unbranched alkanes of at least 4 members (excludes halogenated alkanes) is 15. The zero-order valence-electron chi connectivity index (χ0n) is 28.4. The van der Waals surface area contributed by atoms with Crippen molar-refractivity contribution in [3.05, 3.63) is 67.3 Å². The number of aromatic nitrogens is 1. The van der Waals surface area contributed by atoms with E-state index in [9.17, 15) is 0 Å². The number of hydrogen-bond acceptors (Lipinski definition) is 3. The molecule has 0 bridgehead atoms. The summed E-state index contributed by atoms with van der Waals surface area (Å²) in [6.45, 7) is 6.95. The van der Waals surface area contributed by atoms with Crippen molar-refractivity contribution in [1.82, 2.24) is 10.1 Å². The molecule has 2 aromatic heterocycles. The van der Waals surface area contributed by atoms with Crippen LogP contribution in [0.2, 0.25) is 0 Å². The Morgan fingerprint density at radius 2 is 0.977 bits per heavy atom. The highest BCUT2D eigenvalue weighted by atomic mass is 35.5. The van der Waals surface area contributed by atoms with Gasteiger partial charge in [0.1, 0.15) is 0 Å². The summed E-state index contributed by atoms with van der Waals surface area (Å²) in [5, 5.41) is 5.13. The first-order chi connectivity index (χ1) is 20.7. The van der Waals surface area contributed by atoms with E-state index >= 15 is 0 Å². The van der Waals surface area contributed by atoms with Crippen molar-refractivity contribution in [2.24, 2.45) is 0 Å². The van der Waals surface area contributed by atoms with Crippen molar-refractivity contribution in [3.8, 4) is 0 Å². The maximum absolute atomic E-state index is 4.58. The van der Waals surface area contributed by atoms with Crippen molar-refractivity contribution >= 4 is 30.7 Å². The molecule has 0 unspecified atom stereocenters. The molecule has 0 radical (unpaired) electrons. The first kappa shape index (κ1) is 41.6. The van der Waals surface area contributed by atoms with Gasteiger partial charge in [-0.25, -0.2) is 0 Å². The van der Waals surface area contributed by atoms with Gasteiger partial charge in [0, 0.05) is 18.6 Å². The Hall–Kier alpha value is -1.41. The molecule has 1 N–H and O–H groups in total. The monoisotopic (exact) mass is 633 g/mol. The van der Waals surface area contributed by atoms with Crippen LogP contribution in [0.5, 0.6) is 0 Å². The van der Waals surface area contributed by atoms with Crippen LogP contribution in [-0.2, 0) is 0 Å². The number of nitrogens with one attached hydrogen (secondary N) is 1. The van der Waals surface area contributed by atoms with Crippen LogP contribution in [0.15, 0.2) is 71.7 Å². The minimum absolute atomic E-state index is 0. The van der Waals surface area contributed by atoms with E-state index in [0.29, 0.717) is 0 Å². The Morgan fingerprint density at radius 1 is 0.558 bits per heavy atom. The lowest BCUT2D eigenvalue weighted by atomic mass is 10.1. The van der Waals surface area contributed by atoms with E-state index in [1.54, 1.807) is 12.5 Å². The second kappa shape index (κ2) is 30.6. The number of halogens is 1. The average Bonchev–Trinajstić information content (AvgIpc) is 3.63. The minimum atomic E-state index is -0.894. The van der Waals surface area contributed by atoms with Gasteiger partial charge in [-0.15, -0.1) is 12.4 Å². The number of furan rings is 1. The largest absolute Gasteiger partial charge is 0.473 e. The molecule has 2 heterocycles. The molecule has 3 aromatic rings. The molecule has 0 atom stereocenters. The lowest BCUT2D eigenvalue weighted by Gasteiger charge is -2.27. The Balaban J connectivity index is 0.000000878. The molecule has 43 heavy (non-hydrogen) atoms. The average molecular weight is 634 g/mol. The fraction of sp³-hybridized carbons (Fsp3) is 0.658. The molecule has 0 fully saturated rings. The fourth-order valence-corrected chi connectivity index (χ4v) is 9.33. The van der Waals surface area contributed by atoms with E-state index < -0.39 is 7.41 Å². The number of pyridine rings is 1. The second-order valence-corrected chi connectivity index (χ2v) is 15.9. The van der Waals surface area contributed by atoms with Crippen LogP contribution in [0.1, 0.15) is 136 Å². The summed E-state index contributed by atoms with van der Waals surface area (Å²) in [7, 11) is 1.40. The smallest absolute Gasteiger partial charge is 0.0902 e. The van der Waals surface area contributed by atoms with Gasteiger partial charge >= 0.3 is 0 Å². The molecule has 3 rings (SSSR count). The van der Waals surface area contributed by atoms with E-state index in [4.69, 9.17) is 0 Å². The normalized spacial score (nSPS) is 10.8. The van der Waals surface area contributed by atoms with Gasteiger partial charge in [-0.2, -0.15) is 5.09 Å². The van der Waals surface area contributed by atoms with E-state index in [0.717, 1.165) is 5.52 Å². The molecule has 0 aliphatic carbocycles. The minimum Gasteiger partial charge on any atom is -0.473 e. The first-order valence-corrected chi connectivity index (χ1v) is 19.9. The van der Waals surface area contributed by atoms with Crippen LogP contribution in [0.4, 0.5) is 0 Å². The van der Waals surface area contributed by atoms with Crippen LogP contribution in [0.25, 0.3) is 10.9 Å². The summed E-state index contributed by atoms with van der Waals surface area (Å²) in [6, 6.07) is 15.8. The Kier molecular flexibility index (Phi) is 29.6. The third-order valence-corrected chi connectivity index (χ3v) is 12.7. The molecule has 0 saturated heterocycles. The zero-order valence-corrected chi connectivity index (χ0v) is 30.1. The maximum atomic E-state index is 4.58. The lowest BCUT2D eigenvalue weighted by Crippen LogP contribution is -2.21. The molecular formula is C38H67ClN2OP+. The van der Waals surface area contributed by atoms with E-state index in [2.05, 4.69) is 54.4 Å². The topological polar surface area (TPSA) is 38.1 Å². The van der Waals surface area contributed by atoms with E-state index in [1.807, 2.05) is 42.6 Å². The summed E-state index contributed by atoms with van der Waals surface area (Å²) < 4.78 is 4.58. The summed E-state index contributed by atoms with van der Waals surface area (Å²) in [5.41, 5.74) is 1.06. The number of rotatable bonds is 22. The van der Waals surface area contributed by atoms with Gasteiger partial charge in [-0.05, 0) is 62.8 Å². The molecule has 0 spiro atoms. The molecule has 5 heteroatoms. The highest BCUT2D eigenvalue weighted by molar-refractivity contribution is 7.73. The van der Waals surface area contributed by atoms with Crippen LogP contribution in [0, 0.1) is 0 Å². The Morgan fingerprint density at radius 3 is 1.37 bits per heavy atom. The Labute approximate surface area is 273 Å². The zero-order chi connectivity index (χ0) is 30.4. The molecule has 0 aliphatic heterocycles. The molecular weight excluding hydrogens is 567 g/mol. The summed E-state index contributed by atoms with van der Waals surface area (Å²) >= 11 is 0. The lowest BCUT2D eigenvalue weighted by molar-refractivity contribution is 0.567. The first-order valence-electron chi connectivity index (χ1n) is 17.5. The standard InChI is InChI=1S/C25H55NP.C9H7N.C4H4O.ClH/c1-5-8-11-14-17-20-23-27(26-4,24-21-18-15-12-9-6-2)25-22-19-16-13-10-7-3;1-2-6-9-8(4-1)5-3-7-10-9;1-2-4-5-3-1;/h26H,5-25H2,1-4H3;1-7H;1-4H;1H/q+1;;;. The van der Waals surface area contributed by atoms with Gasteiger partial charge in [0.15, 0.2) is 0 Å². The SMILES string of the molecule is CCCCCCCC[P+](CCCCCCCC)(CCCCCCCC)NC.Cl.c1ccc2ncccc2c1.c1ccoc1. The third kappa shape index (κ3) is 22.7. The number of hydrogen-bond donors (Lipinski definition) is 1. The van der Waals surface area contributed by atoms with Crippen molar-refractivity contribution in [2.45, 2.75) is 136 Å². The maximum Gasteiger partial charge on any atom is 0.0902 e. The van der Waals surface area contributed by atoms with Crippen LogP contribution in [-0.4, -0.2) is 30.5 Å². The summed E-state index contributed by atoms with van der Waals surface area (Å²) in [5.74, 6) is 0.